The Kier molecular flexibility index (Phi) is 16.0. The van der Waals surface area contributed by atoms with Crippen molar-refractivity contribution < 1.29 is 57.2 Å². The van der Waals surface area contributed by atoms with E-state index in [0.29, 0.717) is 24.8 Å². The van der Waals surface area contributed by atoms with E-state index in [9.17, 15) is 28.8 Å². The van der Waals surface area contributed by atoms with Gasteiger partial charge in [-0.3, -0.25) is 24.5 Å². The molecule has 2 N–H and O–H groups in total. The topological polar surface area (TPSA) is 188 Å². The smallest absolute Gasteiger partial charge is 0.414 e. The normalized spacial score (nSPS) is 28.4. The molecule has 3 amide bonds. The third-order valence-electron chi connectivity index (χ3n) is 8.27. The Hall–Kier alpha value is -4.14. The molecule has 50 heavy (non-hydrogen) atoms. The van der Waals surface area contributed by atoms with Crippen molar-refractivity contribution in [3.63, 3.8) is 0 Å². The zero-order chi connectivity index (χ0) is 36.7. The largest absolute Gasteiger partial charge is 0.465 e. The first-order chi connectivity index (χ1) is 23.9. The molecule has 3 aliphatic heterocycles. The number of carbonyl (C=O) groups is 6. The molecule has 3 aliphatic rings. The summed E-state index contributed by atoms with van der Waals surface area (Å²) < 4.78 is 33.8. The van der Waals surface area contributed by atoms with E-state index in [-0.39, 0.29) is 19.0 Å². The van der Waals surface area contributed by atoms with Gasteiger partial charge in [-0.1, -0.05) is 68.6 Å². The van der Waals surface area contributed by atoms with Crippen molar-refractivity contribution in [1.82, 2.24) is 10.6 Å². The number of fused-ring (bicyclic) bond motifs is 1. The number of esters is 2. The molecule has 14 heteroatoms. The van der Waals surface area contributed by atoms with Gasteiger partial charge in [-0.05, 0) is 39.2 Å². The van der Waals surface area contributed by atoms with E-state index in [1.165, 1.54) is 32.3 Å². The third kappa shape index (κ3) is 13.3. The molecule has 2 fully saturated rings. The van der Waals surface area contributed by atoms with Crippen molar-refractivity contribution in [1.29, 1.82) is 0 Å². The summed E-state index contributed by atoms with van der Waals surface area (Å²) in [5.74, 6) is -2.67. The molecule has 7 unspecified atom stereocenters. The Bertz CT molecular complexity index is 1350. The van der Waals surface area contributed by atoms with Gasteiger partial charge in [0.05, 0.1) is 12.7 Å². The number of nitrogens with one attached hydrogen (secondary N) is 2. The van der Waals surface area contributed by atoms with Gasteiger partial charge in [0.2, 0.25) is 17.5 Å². The summed E-state index contributed by atoms with van der Waals surface area (Å²) in [5.41, 5.74) is -1.08. The van der Waals surface area contributed by atoms with E-state index in [0.717, 1.165) is 45.1 Å². The van der Waals surface area contributed by atoms with Crippen molar-refractivity contribution in [2.24, 2.45) is 0 Å². The lowest BCUT2D eigenvalue weighted by Gasteiger charge is -2.27. The molecule has 0 spiro atoms. The van der Waals surface area contributed by atoms with Gasteiger partial charge in [-0.2, -0.15) is 0 Å². The molecule has 3 rings (SSSR count). The fraction of sp³-hybridized carbons (Fsp3) is 0.611. The number of epoxide rings is 2. The second kappa shape index (κ2) is 19.9. The number of carbonyl (C=O) groups excluding carboxylic acids is 6. The second-order valence-electron chi connectivity index (χ2n) is 12.5. The Balaban J connectivity index is 1.77. The zero-order valence-electron chi connectivity index (χ0n) is 29.5. The monoisotopic (exact) mass is 702 g/mol. The molecule has 0 saturated carbocycles. The van der Waals surface area contributed by atoms with Crippen LogP contribution in [0.1, 0.15) is 85.5 Å². The van der Waals surface area contributed by atoms with Crippen molar-refractivity contribution in [2.75, 3.05) is 13.7 Å². The molecule has 0 aromatic rings. The van der Waals surface area contributed by atoms with Crippen LogP contribution in [-0.2, 0) is 52.4 Å². The van der Waals surface area contributed by atoms with Crippen molar-refractivity contribution >= 4 is 35.6 Å². The van der Waals surface area contributed by atoms with Crippen LogP contribution < -0.4 is 10.6 Å². The van der Waals surface area contributed by atoms with Gasteiger partial charge in [-0.15, -0.1) is 0 Å². The van der Waals surface area contributed by atoms with E-state index >= 15 is 0 Å². The number of methoxy groups -OCH3 is 1. The summed E-state index contributed by atoms with van der Waals surface area (Å²) in [5, 5.41) is 4.66. The standard InChI is InChI=1S/C36H50N2O12/c1-6-7-8-9-10-16-29(42)46-21-14-12-15-26-31(47-26)33-34(50-35(44)37-25(4)40)32-27(48-32)19-18-23(2)22-28(41)38-36(45-5,24(3)39)20-13-11-17-30(43)49-33/h11-13,15,17-18,20,26-27,31-34H,6-10,14,16,19,21-22H2,1-5H3,(H,38,41)(H,37,40,44). The predicted molar refractivity (Wildman–Crippen MR) is 179 cm³/mol. The maximum Gasteiger partial charge on any atom is 0.414 e. The van der Waals surface area contributed by atoms with Crippen LogP contribution >= 0.6 is 0 Å². The first-order valence-corrected chi connectivity index (χ1v) is 17.1. The Labute approximate surface area is 292 Å². The summed E-state index contributed by atoms with van der Waals surface area (Å²) in [6.07, 6.45) is 10.9. The lowest BCUT2D eigenvalue weighted by molar-refractivity contribution is -0.151. The quantitative estimate of drug-likeness (QED) is 0.0877. The lowest BCUT2D eigenvalue weighted by atomic mass is 10.0. The fourth-order valence-corrected chi connectivity index (χ4v) is 5.45. The summed E-state index contributed by atoms with van der Waals surface area (Å²) in [6, 6.07) is 0. The Morgan fingerprint density at radius 1 is 1.04 bits per heavy atom. The number of rotatable bonds is 14. The number of hydrogen-bond acceptors (Lipinski definition) is 12. The Morgan fingerprint density at radius 2 is 1.80 bits per heavy atom. The lowest BCUT2D eigenvalue weighted by Crippen LogP contribution is -2.53. The van der Waals surface area contributed by atoms with Crippen LogP contribution in [0.3, 0.4) is 0 Å². The number of amides is 3. The van der Waals surface area contributed by atoms with Crippen LogP contribution in [0.2, 0.25) is 0 Å². The summed E-state index contributed by atoms with van der Waals surface area (Å²) >= 11 is 0. The number of hydrogen-bond donors (Lipinski definition) is 2. The number of cyclic esters (lactones) is 1. The molecule has 7 atom stereocenters. The molecule has 276 valence electrons. The van der Waals surface area contributed by atoms with Crippen LogP contribution in [-0.4, -0.2) is 91.7 Å². The molecule has 0 bridgehead atoms. The highest BCUT2D eigenvalue weighted by molar-refractivity contribution is 5.92. The first kappa shape index (κ1) is 40.3. The maximum absolute atomic E-state index is 13.1. The van der Waals surface area contributed by atoms with E-state index in [1.54, 1.807) is 25.2 Å². The van der Waals surface area contributed by atoms with Gasteiger partial charge < -0.3 is 33.7 Å². The van der Waals surface area contributed by atoms with Crippen LogP contribution in [0.15, 0.2) is 48.1 Å². The maximum atomic E-state index is 13.1. The van der Waals surface area contributed by atoms with E-state index in [1.807, 2.05) is 0 Å². The van der Waals surface area contributed by atoms with Gasteiger partial charge in [0.15, 0.2) is 18.0 Å². The molecule has 14 nitrogen and oxygen atoms in total. The Morgan fingerprint density at radius 3 is 2.50 bits per heavy atom. The summed E-state index contributed by atoms with van der Waals surface area (Å²) in [6.45, 7) is 6.50. The third-order valence-corrected chi connectivity index (χ3v) is 8.27. The van der Waals surface area contributed by atoms with Crippen LogP contribution in [0.25, 0.3) is 0 Å². The average molecular weight is 703 g/mol. The van der Waals surface area contributed by atoms with E-state index in [2.05, 4.69) is 17.6 Å². The van der Waals surface area contributed by atoms with Gasteiger partial charge >= 0.3 is 18.0 Å². The number of ketones is 1. The first-order valence-electron chi connectivity index (χ1n) is 17.1. The minimum Gasteiger partial charge on any atom is -0.465 e. The molecule has 3 heterocycles. The number of Topliss-reactive ketones (excluding diaryl/α,β-unsaturated/α-hetero) is 1. The van der Waals surface area contributed by atoms with Crippen LogP contribution in [0.5, 0.6) is 0 Å². The number of alkyl carbamates (subject to hydrolysis) is 1. The van der Waals surface area contributed by atoms with E-state index < -0.39 is 72.0 Å². The SMILES string of the molecule is CCCCCCCC(=O)OCCC=CC1OC1C1OC(=O)C=CC=CC(OC)(C(C)=O)NC(=O)CC(C)=CCC2OC2C1OC(=O)NC(C)=O. The highest BCUT2D eigenvalue weighted by atomic mass is 16.7. The second-order valence-corrected chi connectivity index (χ2v) is 12.5. The molecular formula is C36H50N2O12. The fourth-order valence-electron chi connectivity index (χ4n) is 5.45. The van der Waals surface area contributed by atoms with Crippen molar-refractivity contribution in [2.45, 2.75) is 128 Å². The summed E-state index contributed by atoms with van der Waals surface area (Å²) in [4.78, 5) is 74.6. The van der Waals surface area contributed by atoms with Crippen molar-refractivity contribution in [3.05, 3.63) is 48.1 Å². The zero-order valence-corrected chi connectivity index (χ0v) is 29.5. The highest BCUT2D eigenvalue weighted by Gasteiger charge is 2.58. The molecular weight excluding hydrogens is 652 g/mol. The van der Waals surface area contributed by atoms with Gasteiger partial charge in [-0.25, -0.2) is 9.59 Å². The predicted octanol–water partition coefficient (Wildman–Crippen LogP) is 3.82. The van der Waals surface area contributed by atoms with Gasteiger partial charge in [0.25, 0.3) is 0 Å². The number of unbranched alkanes of at least 4 members (excludes halogenated alkanes) is 4. The summed E-state index contributed by atoms with van der Waals surface area (Å²) in [7, 11) is 1.27. The molecule has 0 aromatic heterocycles. The van der Waals surface area contributed by atoms with Crippen LogP contribution in [0.4, 0.5) is 4.79 Å². The molecule has 0 radical (unpaired) electrons. The van der Waals surface area contributed by atoms with Gasteiger partial charge in [0.1, 0.15) is 18.3 Å². The minimum absolute atomic E-state index is 0.0349. The van der Waals surface area contributed by atoms with Gasteiger partial charge in [0, 0.05) is 33.0 Å². The minimum atomic E-state index is -1.76. The van der Waals surface area contributed by atoms with Crippen molar-refractivity contribution in [3.8, 4) is 0 Å². The highest BCUT2D eigenvalue weighted by Crippen LogP contribution is 2.39. The number of allylic oxidation sites excluding steroid dienone is 2. The molecule has 0 aromatic carbocycles. The van der Waals surface area contributed by atoms with Crippen LogP contribution in [0, 0.1) is 0 Å². The molecule has 0 aliphatic carbocycles. The number of imide groups is 1. The number of ether oxygens (including phenoxy) is 6. The average Bonchev–Trinajstić information content (AvgIpc) is 3.98. The van der Waals surface area contributed by atoms with E-state index in [4.69, 9.17) is 28.4 Å². The molecule has 2 saturated heterocycles.